The first-order valence-corrected chi connectivity index (χ1v) is 11.5. The molecule has 0 unspecified atom stereocenters. The lowest BCUT2D eigenvalue weighted by molar-refractivity contribution is -0.113. The Morgan fingerprint density at radius 2 is 1.97 bits per heavy atom. The summed E-state index contributed by atoms with van der Waals surface area (Å²) in [6, 6.07) is 12.4. The number of halogens is 1. The Kier molecular flexibility index (Phi) is 6.86. The van der Waals surface area contributed by atoms with Gasteiger partial charge in [-0.25, -0.2) is 4.39 Å². The highest BCUT2D eigenvalue weighted by atomic mass is 32.2. The van der Waals surface area contributed by atoms with Gasteiger partial charge < -0.3 is 14.6 Å². The maximum atomic E-state index is 13.7. The number of aryl methyl sites for hydroxylation is 2. The zero-order valence-electron chi connectivity index (χ0n) is 17.4. The first kappa shape index (κ1) is 21.4. The Morgan fingerprint density at radius 3 is 2.77 bits per heavy atom. The number of carbonyl (C=O) groups is 1. The van der Waals surface area contributed by atoms with Gasteiger partial charge in [0.15, 0.2) is 11.0 Å². The minimum absolute atomic E-state index is 0.109. The van der Waals surface area contributed by atoms with Crippen molar-refractivity contribution in [3.05, 3.63) is 65.2 Å². The predicted molar refractivity (Wildman–Crippen MR) is 119 cm³/mol. The van der Waals surface area contributed by atoms with E-state index in [1.165, 1.54) is 47.9 Å². The lowest BCUT2D eigenvalue weighted by Gasteiger charge is -2.16. The number of fused-ring (bicyclic) bond motifs is 1. The zero-order chi connectivity index (χ0) is 21.6. The van der Waals surface area contributed by atoms with E-state index in [2.05, 4.69) is 27.6 Å². The van der Waals surface area contributed by atoms with Crippen molar-refractivity contribution in [3.8, 4) is 5.75 Å². The molecule has 0 aliphatic heterocycles. The highest BCUT2D eigenvalue weighted by Crippen LogP contribution is 2.26. The van der Waals surface area contributed by atoms with Crippen LogP contribution in [0.2, 0.25) is 0 Å². The van der Waals surface area contributed by atoms with Crippen molar-refractivity contribution in [1.82, 2.24) is 14.8 Å². The molecule has 31 heavy (non-hydrogen) atoms. The number of para-hydroxylation sites is 1. The Hall–Kier alpha value is -2.87. The molecular formula is C23H25FN4O2S. The molecule has 4 rings (SSSR count). The maximum absolute atomic E-state index is 13.7. The summed E-state index contributed by atoms with van der Waals surface area (Å²) in [5, 5.41) is 11.7. The number of carbonyl (C=O) groups excluding carboxylic acids is 1. The summed E-state index contributed by atoms with van der Waals surface area (Å²) in [7, 11) is 0. The summed E-state index contributed by atoms with van der Waals surface area (Å²) >= 11 is 1.27. The van der Waals surface area contributed by atoms with Crippen molar-refractivity contribution < 1.29 is 13.9 Å². The summed E-state index contributed by atoms with van der Waals surface area (Å²) < 4.78 is 21.6. The standard InChI is InChI=1S/C23H25FN4O2S/c1-2-28-21(14-30-18-12-11-16-7-3-4-8-17(16)13-18)26-27-23(28)31-15-22(29)25-20-10-6-5-9-19(20)24/h5-6,9-13H,2-4,7-8,14-15H2,1H3,(H,25,29). The van der Waals surface area contributed by atoms with E-state index in [4.69, 9.17) is 4.74 Å². The molecule has 6 nitrogen and oxygen atoms in total. The molecular weight excluding hydrogens is 415 g/mol. The molecule has 162 valence electrons. The topological polar surface area (TPSA) is 69.0 Å². The fourth-order valence-corrected chi connectivity index (χ4v) is 4.50. The first-order valence-electron chi connectivity index (χ1n) is 10.5. The van der Waals surface area contributed by atoms with Crippen molar-refractivity contribution in [2.24, 2.45) is 0 Å². The minimum Gasteiger partial charge on any atom is -0.486 e. The molecule has 0 saturated heterocycles. The molecule has 1 N–H and O–H groups in total. The van der Waals surface area contributed by atoms with Gasteiger partial charge in [-0.05, 0) is 68.0 Å². The monoisotopic (exact) mass is 440 g/mol. The summed E-state index contributed by atoms with van der Waals surface area (Å²) in [5.74, 6) is 0.895. The molecule has 0 spiro atoms. The Labute approximate surface area is 185 Å². The van der Waals surface area contributed by atoms with Crippen LogP contribution in [0.15, 0.2) is 47.6 Å². The second-order valence-electron chi connectivity index (χ2n) is 7.39. The quantitative estimate of drug-likeness (QED) is 0.518. The maximum Gasteiger partial charge on any atom is 0.234 e. The van der Waals surface area contributed by atoms with Gasteiger partial charge in [0.05, 0.1) is 11.4 Å². The number of rotatable bonds is 8. The number of nitrogens with one attached hydrogen (secondary N) is 1. The molecule has 1 heterocycles. The second-order valence-corrected chi connectivity index (χ2v) is 8.33. The third kappa shape index (κ3) is 5.25. The summed E-state index contributed by atoms with van der Waals surface area (Å²) in [5.41, 5.74) is 2.96. The molecule has 1 aliphatic carbocycles. The fraction of sp³-hybridized carbons (Fsp3) is 0.348. The second kappa shape index (κ2) is 9.96. The van der Waals surface area contributed by atoms with Gasteiger partial charge >= 0.3 is 0 Å². The first-order chi connectivity index (χ1) is 15.1. The summed E-state index contributed by atoms with van der Waals surface area (Å²) in [6.07, 6.45) is 4.73. The van der Waals surface area contributed by atoms with E-state index in [1.807, 2.05) is 17.6 Å². The van der Waals surface area contributed by atoms with Crippen molar-refractivity contribution >= 4 is 23.4 Å². The molecule has 1 aliphatic rings. The van der Waals surface area contributed by atoms with Crippen LogP contribution in [0.1, 0.15) is 36.7 Å². The predicted octanol–water partition coefficient (Wildman–Crippen LogP) is 4.63. The third-order valence-corrected chi connectivity index (χ3v) is 6.24. The van der Waals surface area contributed by atoms with Gasteiger partial charge in [-0.1, -0.05) is 30.0 Å². The van der Waals surface area contributed by atoms with Crippen molar-refractivity contribution in [2.75, 3.05) is 11.1 Å². The number of aromatic nitrogens is 3. The van der Waals surface area contributed by atoms with Crippen LogP contribution in [0.5, 0.6) is 5.75 Å². The molecule has 8 heteroatoms. The highest BCUT2D eigenvalue weighted by molar-refractivity contribution is 7.99. The van der Waals surface area contributed by atoms with Crippen LogP contribution in [-0.2, 0) is 30.8 Å². The van der Waals surface area contributed by atoms with Crippen LogP contribution in [0.3, 0.4) is 0 Å². The molecule has 2 aromatic carbocycles. The van der Waals surface area contributed by atoms with Crippen LogP contribution in [0.4, 0.5) is 10.1 Å². The number of amides is 1. The van der Waals surface area contributed by atoms with Crippen LogP contribution in [-0.4, -0.2) is 26.4 Å². The average molecular weight is 441 g/mol. The molecule has 3 aromatic rings. The largest absolute Gasteiger partial charge is 0.486 e. The molecule has 1 aromatic heterocycles. The number of anilines is 1. The van der Waals surface area contributed by atoms with E-state index >= 15 is 0 Å². The van der Waals surface area contributed by atoms with Crippen molar-refractivity contribution in [3.63, 3.8) is 0 Å². The zero-order valence-corrected chi connectivity index (χ0v) is 18.3. The number of hydrogen-bond donors (Lipinski definition) is 1. The molecule has 0 radical (unpaired) electrons. The van der Waals surface area contributed by atoms with Gasteiger partial charge in [0, 0.05) is 6.54 Å². The van der Waals surface area contributed by atoms with E-state index in [-0.39, 0.29) is 17.3 Å². The van der Waals surface area contributed by atoms with Gasteiger partial charge in [0.25, 0.3) is 0 Å². The van der Waals surface area contributed by atoms with Gasteiger partial charge in [-0.2, -0.15) is 0 Å². The highest BCUT2D eigenvalue weighted by Gasteiger charge is 2.15. The van der Waals surface area contributed by atoms with Crippen LogP contribution in [0.25, 0.3) is 0 Å². The van der Waals surface area contributed by atoms with E-state index in [0.717, 1.165) is 18.6 Å². The number of thioether (sulfide) groups is 1. The Morgan fingerprint density at radius 1 is 1.16 bits per heavy atom. The summed E-state index contributed by atoms with van der Waals surface area (Å²) in [6.45, 7) is 2.96. The lowest BCUT2D eigenvalue weighted by atomic mass is 9.92. The van der Waals surface area contributed by atoms with Crippen LogP contribution in [0, 0.1) is 5.82 Å². The van der Waals surface area contributed by atoms with Crippen LogP contribution >= 0.6 is 11.8 Å². The lowest BCUT2D eigenvalue weighted by Crippen LogP contribution is -2.15. The molecule has 0 atom stereocenters. The molecule has 0 saturated carbocycles. The van der Waals surface area contributed by atoms with Gasteiger partial charge in [-0.3, -0.25) is 4.79 Å². The smallest absolute Gasteiger partial charge is 0.234 e. The number of nitrogens with zero attached hydrogens (tertiary/aromatic N) is 3. The molecule has 1 amide bonds. The summed E-state index contributed by atoms with van der Waals surface area (Å²) in [4.78, 5) is 12.2. The average Bonchev–Trinajstić information content (AvgIpc) is 3.19. The molecule has 0 fully saturated rings. The van der Waals surface area contributed by atoms with Gasteiger partial charge in [0.2, 0.25) is 5.91 Å². The molecule has 0 bridgehead atoms. The number of hydrogen-bond acceptors (Lipinski definition) is 5. The van der Waals surface area contributed by atoms with E-state index in [0.29, 0.717) is 24.1 Å². The van der Waals surface area contributed by atoms with E-state index in [1.54, 1.807) is 12.1 Å². The number of ether oxygens (including phenoxy) is 1. The Bertz CT molecular complexity index is 1070. The SMILES string of the molecule is CCn1c(COc2ccc3c(c2)CCCC3)nnc1SCC(=O)Nc1ccccc1F. The van der Waals surface area contributed by atoms with Gasteiger partial charge in [-0.15, -0.1) is 10.2 Å². The van der Waals surface area contributed by atoms with Crippen LogP contribution < -0.4 is 10.1 Å². The third-order valence-electron chi connectivity index (χ3n) is 5.28. The normalized spacial score (nSPS) is 13.0. The fourth-order valence-electron chi connectivity index (χ4n) is 3.68. The van der Waals surface area contributed by atoms with E-state index < -0.39 is 5.82 Å². The number of benzene rings is 2. The van der Waals surface area contributed by atoms with Gasteiger partial charge in [0.1, 0.15) is 18.2 Å². The van der Waals surface area contributed by atoms with E-state index in [9.17, 15) is 9.18 Å². The Balaban J connectivity index is 1.35. The minimum atomic E-state index is -0.459. The van der Waals surface area contributed by atoms with Crippen molar-refractivity contribution in [1.29, 1.82) is 0 Å². The van der Waals surface area contributed by atoms with Crippen molar-refractivity contribution in [2.45, 2.75) is 50.9 Å².